The van der Waals surface area contributed by atoms with Crippen molar-refractivity contribution in [3.05, 3.63) is 84.9 Å². The van der Waals surface area contributed by atoms with E-state index in [9.17, 15) is 13.2 Å². The molecule has 9 heteroatoms. The highest BCUT2D eigenvalue weighted by atomic mass is 32.2. The van der Waals surface area contributed by atoms with Gasteiger partial charge in [0.15, 0.2) is 5.82 Å². The van der Waals surface area contributed by atoms with Gasteiger partial charge in [-0.2, -0.15) is 8.42 Å². The lowest BCUT2D eigenvalue weighted by molar-refractivity contribution is -0.114. The molecule has 0 bridgehead atoms. The first-order chi connectivity index (χ1) is 15.0. The van der Waals surface area contributed by atoms with Gasteiger partial charge in [-0.1, -0.05) is 48.5 Å². The predicted octanol–water partition coefficient (Wildman–Crippen LogP) is 4.71. The zero-order chi connectivity index (χ0) is 22.1. The molecule has 0 spiro atoms. The third-order valence-electron chi connectivity index (χ3n) is 3.85. The van der Waals surface area contributed by atoms with E-state index in [4.69, 9.17) is 0 Å². The minimum Gasteiger partial charge on any atom is -0.337 e. The molecule has 156 valence electrons. The van der Waals surface area contributed by atoms with Crippen LogP contribution in [0.4, 0.5) is 23.0 Å². The summed E-state index contributed by atoms with van der Waals surface area (Å²) in [5.41, 5.74) is 2.44. The van der Waals surface area contributed by atoms with E-state index in [1.165, 1.54) is 6.92 Å². The number of hydrogen-bond donors (Lipinski definition) is 2. The topological polar surface area (TPSA) is 113 Å². The molecule has 1 heterocycles. The SMILES string of the molecule is CC(=O)Nc1ccc(Nc2nc3ccccc3nc2N=S(=O)=O)cc1.c1ccccc1. The predicted molar refractivity (Wildman–Crippen MR) is 121 cm³/mol. The lowest BCUT2D eigenvalue weighted by atomic mass is 10.2. The third kappa shape index (κ3) is 6.72. The van der Waals surface area contributed by atoms with Crippen molar-refractivity contribution in [2.75, 3.05) is 10.6 Å². The van der Waals surface area contributed by atoms with Gasteiger partial charge in [-0.05, 0) is 36.4 Å². The van der Waals surface area contributed by atoms with Gasteiger partial charge in [-0.15, -0.1) is 4.36 Å². The van der Waals surface area contributed by atoms with Crippen LogP contribution >= 0.6 is 0 Å². The Bertz CT molecular complexity index is 1270. The first kappa shape index (κ1) is 21.6. The molecular formula is C22H19N5O3S. The Kier molecular flexibility index (Phi) is 7.39. The van der Waals surface area contributed by atoms with Crippen LogP contribution < -0.4 is 10.6 Å². The maximum atomic E-state index is 11.0. The number of anilines is 3. The Balaban J connectivity index is 0.000000391. The Morgan fingerprint density at radius 3 is 1.81 bits per heavy atom. The molecular weight excluding hydrogens is 414 g/mol. The molecule has 4 aromatic rings. The van der Waals surface area contributed by atoms with Crippen LogP contribution in [0.15, 0.2) is 89.3 Å². The Morgan fingerprint density at radius 1 is 0.774 bits per heavy atom. The first-order valence-corrected chi connectivity index (χ1v) is 10.3. The van der Waals surface area contributed by atoms with Crippen LogP contribution in [0.5, 0.6) is 0 Å². The Labute approximate surface area is 180 Å². The van der Waals surface area contributed by atoms with Gasteiger partial charge in [0.2, 0.25) is 11.7 Å². The minimum atomic E-state index is -2.65. The lowest BCUT2D eigenvalue weighted by Gasteiger charge is -2.09. The van der Waals surface area contributed by atoms with Crippen LogP contribution in [-0.2, 0) is 15.3 Å². The van der Waals surface area contributed by atoms with E-state index in [2.05, 4.69) is 25.0 Å². The van der Waals surface area contributed by atoms with Crippen LogP contribution in [0.3, 0.4) is 0 Å². The van der Waals surface area contributed by atoms with Crippen molar-refractivity contribution in [1.82, 2.24) is 9.97 Å². The molecule has 0 fully saturated rings. The third-order valence-corrected chi connectivity index (χ3v) is 4.17. The summed E-state index contributed by atoms with van der Waals surface area (Å²) in [6, 6.07) is 25.9. The molecule has 0 aliphatic carbocycles. The van der Waals surface area contributed by atoms with Gasteiger partial charge < -0.3 is 10.6 Å². The summed E-state index contributed by atoms with van der Waals surface area (Å²) < 4.78 is 25.4. The lowest BCUT2D eigenvalue weighted by Crippen LogP contribution is -2.05. The van der Waals surface area contributed by atoms with Crippen molar-refractivity contribution in [1.29, 1.82) is 0 Å². The van der Waals surface area contributed by atoms with E-state index in [0.29, 0.717) is 22.4 Å². The number of fused-ring (bicyclic) bond motifs is 1. The number of aromatic nitrogens is 2. The summed E-state index contributed by atoms with van der Waals surface area (Å²) in [7, 11) is -2.65. The number of benzene rings is 3. The van der Waals surface area contributed by atoms with Crippen molar-refractivity contribution >= 4 is 50.5 Å². The molecule has 0 saturated heterocycles. The highest BCUT2D eigenvalue weighted by molar-refractivity contribution is 7.61. The van der Waals surface area contributed by atoms with Gasteiger partial charge >= 0.3 is 10.5 Å². The first-order valence-electron chi connectivity index (χ1n) is 9.24. The van der Waals surface area contributed by atoms with Gasteiger partial charge in [0, 0.05) is 18.3 Å². The quantitative estimate of drug-likeness (QED) is 0.482. The summed E-state index contributed by atoms with van der Waals surface area (Å²) >= 11 is 0. The standard InChI is InChI=1S/C16H13N5O3S.C6H6/c1-10(22)17-11-6-8-12(9-7-11)18-15-16(21-25(23)24)20-14-5-3-2-4-13(14)19-15;1-2-4-6-5-3-1/h2-9H,1H3,(H,17,22)(H,18,19);1-6H. The van der Waals surface area contributed by atoms with Crippen LogP contribution in [0.1, 0.15) is 6.92 Å². The molecule has 0 aliphatic heterocycles. The number of rotatable bonds is 4. The molecule has 0 aliphatic rings. The van der Waals surface area contributed by atoms with E-state index < -0.39 is 10.5 Å². The number of para-hydroxylation sites is 2. The summed E-state index contributed by atoms with van der Waals surface area (Å²) in [5, 5.41) is 5.66. The Hall–Kier alpha value is -4.11. The Morgan fingerprint density at radius 2 is 1.29 bits per heavy atom. The van der Waals surface area contributed by atoms with Crippen LogP contribution in [0.2, 0.25) is 0 Å². The second-order valence-corrected chi connectivity index (χ2v) is 6.85. The largest absolute Gasteiger partial charge is 0.337 e. The molecule has 1 aromatic heterocycles. The van der Waals surface area contributed by atoms with E-state index in [1.807, 2.05) is 42.5 Å². The second kappa shape index (κ2) is 10.6. The molecule has 1 amide bonds. The van der Waals surface area contributed by atoms with Crippen molar-refractivity contribution in [2.24, 2.45) is 4.36 Å². The maximum Gasteiger partial charge on any atom is 0.318 e. The van der Waals surface area contributed by atoms with Crippen molar-refractivity contribution in [3.63, 3.8) is 0 Å². The van der Waals surface area contributed by atoms with Crippen LogP contribution in [-0.4, -0.2) is 24.3 Å². The fourth-order valence-electron chi connectivity index (χ4n) is 2.57. The van der Waals surface area contributed by atoms with Crippen molar-refractivity contribution < 1.29 is 13.2 Å². The number of amides is 1. The fourth-order valence-corrected chi connectivity index (χ4v) is 2.84. The zero-order valence-electron chi connectivity index (χ0n) is 16.6. The summed E-state index contributed by atoms with van der Waals surface area (Å²) in [5.74, 6) is 0.0215. The number of carbonyl (C=O) groups is 1. The van der Waals surface area contributed by atoms with Gasteiger partial charge in [0.1, 0.15) is 0 Å². The maximum absolute atomic E-state index is 11.0. The minimum absolute atomic E-state index is 0.0297. The molecule has 0 radical (unpaired) electrons. The number of nitrogens with one attached hydrogen (secondary N) is 2. The molecule has 4 rings (SSSR count). The van der Waals surface area contributed by atoms with Crippen molar-refractivity contribution in [2.45, 2.75) is 6.92 Å². The smallest absolute Gasteiger partial charge is 0.318 e. The van der Waals surface area contributed by atoms with Gasteiger partial charge in [-0.3, -0.25) is 4.79 Å². The van der Waals surface area contributed by atoms with Gasteiger partial charge in [-0.25, -0.2) is 9.97 Å². The average Bonchev–Trinajstić information content (AvgIpc) is 2.76. The van der Waals surface area contributed by atoms with E-state index >= 15 is 0 Å². The molecule has 0 atom stereocenters. The summed E-state index contributed by atoms with van der Waals surface area (Å²) in [4.78, 5) is 19.7. The number of nitrogens with zero attached hydrogens (tertiary/aromatic N) is 3. The number of hydrogen-bond acceptors (Lipinski definition) is 7. The summed E-state index contributed by atoms with van der Waals surface area (Å²) in [6.07, 6.45) is 0. The van der Waals surface area contributed by atoms with Crippen molar-refractivity contribution in [3.8, 4) is 0 Å². The zero-order valence-corrected chi connectivity index (χ0v) is 17.4. The monoisotopic (exact) mass is 433 g/mol. The molecule has 0 saturated carbocycles. The van der Waals surface area contributed by atoms with E-state index in [0.717, 1.165) is 0 Å². The molecule has 3 aromatic carbocycles. The highest BCUT2D eigenvalue weighted by Crippen LogP contribution is 2.27. The average molecular weight is 433 g/mol. The molecule has 8 nitrogen and oxygen atoms in total. The van der Waals surface area contributed by atoms with Crippen LogP contribution in [0.25, 0.3) is 11.0 Å². The molecule has 2 N–H and O–H groups in total. The van der Waals surface area contributed by atoms with Gasteiger partial charge in [0.25, 0.3) is 0 Å². The highest BCUT2D eigenvalue weighted by Gasteiger charge is 2.09. The van der Waals surface area contributed by atoms with Crippen LogP contribution in [0, 0.1) is 0 Å². The van der Waals surface area contributed by atoms with E-state index in [-0.39, 0.29) is 17.5 Å². The molecule has 0 unspecified atom stereocenters. The fraction of sp³-hybridized carbons (Fsp3) is 0.0455. The number of carbonyl (C=O) groups excluding carboxylic acids is 1. The van der Waals surface area contributed by atoms with E-state index in [1.54, 1.807) is 42.5 Å². The second-order valence-electron chi connectivity index (χ2n) is 6.23. The van der Waals surface area contributed by atoms with Gasteiger partial charge in [0.05, 0.1) is 11.0 Å². The summed E-state index contributed by atoms with van der Waals surface area (Å²) in [6.45, 7) is 1.42. The molecule has 31 heavy (non-hydrogen) atoms. The normalized spacial score (nSPS) is 9.84.